The van der Waals surface area contributed by atoms with Gasteiger partial charge in [0.15, 0.2) is 11.7 Å². The predicted molar refractivity (Wildman–Crippen MR) is 96.3 cm³/mol. The van der Waals surface area contributed by atoms with Crippen molar-refractivity contribution in [1.29, 1.82) is 0 Å². The summed E-state index contributed by atoms with van der Waals surface area (Å²) < 4.78 is 5.32. The number of anilines is 2. The SMILES string of the molecule is O=C(CN1C(=O)CCC1=O)Nc1nc(-c2ccc3c(c2)NC(=O)CO3)cs1. The van der Waals surface area contributed by atoms with Gasteiger partial charge in [0.2, 0.25) is 17.7 Å². The molecule has 0 spiro atoms. The average Bonchev–Trinajstić information content (AvgIpc) is 3.23. The minimum Gasteiger partial charge on any atom is -0.482 e. The second-order valence-corrected chi connectivity index (χ2v) is 6.87. The second-order valence-electron chi connectivity index (χ2n) is 6.01. The number of rotatable bonds is 4. The van der Waals surface area contributed by atoms with Crippen LogP contribution in [0.2, 0.25) is 0 Å². The zero-order valence-corrected chi connectivity index (χ0v) is 14.8. The van der Waals surface area contributed by atoms with Crippen LogP contribution in [0.25, 0.3) is 11.3 Å². The maximum atomic E-state index is 12.1. The van der Waals surface area contributed by atoms with Crippen molar-refractivity contribution in [1.82, 2.24) is 9.88 Å². The Bertz CT molecular complexity index is 954. The molecule has 1 fully saturated rings. The number of benzene rings is 1. The molecule has 2 aliphatic rings. The van der Waals surface area contributed by atoms with E-state index >= 15 is 0 Å². The molecule has 4 amide bonds. The number of nitrogens with one attached hydrogen (secondary N) is 2. The molecule has 27 heavy (non-hydrogen) atoms. The lowest BCUT2D eigenvalue weighted by Gasteiger charge is -2.18. The first-order chi connectivity index (χ1) is 13.0. The van der Waals surface area contributed by atoms with Crippen LogP contribution in [0, 0.1) is 0 Å². The highest BCUT2D eigenvalue weighted by atomic mass is 32.1. The van der Waals surface area contributed by atoms with Crippen LogP contribution in [0.1, 0.15) is 12.8 Å². The van der Waals surface area contributed by atoms with E-state index in [9.17, 15) is 19.2 Å². The second kappa shape index (κ2) is 6.80. The van der Waals surface area contributed by atoms with E-state index in [1.54, 1.807) is 23.6 Å². The standard InChI is InChI=1S/C17H14N4O5S/c22-13(6-21-15(24)3-4-16(21)25)20-17-19-11(8-27-17)9-1-2-12-10(5-9)18-14(23)7-26-12/h1-2,5,8H,3-4,6-7H2,(H,18,23)(H,19,20,22). The van der Waals surface area contributed by atoms with Crippen molar-refractivity contribution < 1.29 is 23.9 Å². The van der Waals surface area contributed by atoms with Gasteiger partial charge >= 0.3 is 0 Å². The Balaban J connectivity index is 1.45. The number of likely N-dealkylation sites (tertiary alicyclic amines) is 1. The largest absolute Gasteiger partial charge is 0.482 e. The quantitative estimate of drug-likeness (QED) is 0.763. The molecule has 4 rings (SSSR count). The number of aromatic nitrogens is 1. The number of carbonyl (C=O) groups excluding carboxylic acids is 4. The van der Waals surface area contributed by atoms with Gasteiger partial charge < -0.3 is 15.4 Å². The Morgan fingerprint density at radius 3 is 2.81 bits per heavy atom. The van der Waals surface area contributed by atoms with Gasteiger partial charge in [0.25, 0.3) is 5.91 Å². The summed E-state index contributed by atoms with van der Waals surface area (Å²) in [5.74, 6) is -0.800. The first-order valence-electron chi connectivity index (χ1n) is 8.15. The van der Waals surface area contributed by atoms with E-state index in [0.717, 1.165) is 10.5 Å². The number of imide groups is 1. The number of hydrogen-bond acceptors (Lipinski definition) is 7. The Morgan fingerprint density at radius 2 is 2.04 bits per heavy atom. The zero-order valence-electron chi connectivity index (χ0n) is 14.0. The fourth-order valence-corrected chi connectivity index (χ4v) is 3.54. The van der Waals surface area contributed by atoms with Crippen molar-refractivity contribution in [3.8, 4) is 17.0 Å². The molecule has 3 heterocycles. The van der Waals surface area contributed by atoms with Gasteiger partial charge in [0, 0.05) is 23.8 Å². The van der Waals surface area contributed by atoms with Crippen molar-refractivity contribution >= 4 is 45.8 Å². The van der Waals surface area contributed by atoms with E-state index in [0.29, 0.717) is 22.3 Å². The Morgan fingerprint density at radius 1 is 1.26 bits per heavy atom. The Hall–Kier alpha value is -3.27. The number of hydrogen-bond donors (Lipinski definition) is 2. The number of nitrogens with zero attached hydrogens (tertiary/aromatic N) is 2. The molecular weight excluding hydrogens is 372 g/mol. The minimum atomic E-state index is -0.481. The van der Waals surface area contributed by atoms with Crippen molar-refractivity contribution in [3.05, 3.63) is 23.6 Å². The highest BCUT2D eigenvalue weighted by molar-refractivity contribution is 7.14. The number of amides is 4. The number of ether oxygens (including phenoxy) is 1. The van der Waals surface area contributed by atoms with Gasteiger partial charge in [-0.2, -0.15) is 0 Å². The molecule has 2 N–H and O–H groups in total. The molecule has 2 aromatic rings. The molecule has 0 saturated carbocycles. The van der Waals surface area contributed by atoms with Crippen LogP contribution in [0.4, 0.5) is 10.8 Å². The molecule has 1 aromatic carbocycles. The molecule has 1 saturated heterocycles. The van der Waals surface area contributed by atoms with Crippen LogP contribution in [-0.2, 0) is 19.2 Å². The monoisotopic (exact) mass is 386 g/mol. The summed E-state index contributed by atoms with van der Waals surface area (Å²) in [4.78, 5) is 52.0. The molecule has 0 aliphatic carbocycles. The summed E-state index contributed by atoms with van der Waals surface area (Å²) in [6, 6.07) is 5.29. The smallest absolute Gasteiger partial charge is 0.262 e. The number of carbonyl (C=O) groups is 4. The molecule has 0 atom stereocenters. The van der Waals surface area contributed by atoms with Crippen LogP contribution >= 0.6 is 11.3 Å². The third-order valence-electron chi connectivity index (χ3n) is 4.12. The average molecular weight is 386 g/mol. The molecule has 9 nitrogen and oxygen atoms in total. The van der Waals surface area contributed by atoms with E-state index in [1.165, 1.54) is 11.3 Å². The maximum absolute atomic E-state index is 12.1. The highest BCUT2D eigenvalue weighted by Gasteiger charge is 2.30. The van der Waals surface area contributed by atoms with Gasteiger partial charge in [-0.05, 0) is 18.2 Å². The molecule has 2 aliphatic heterocycles. The summed E-state index contributed by atoms with van der Waals surface area (Å²) in [5, 5.41) is 7.44. The first-order valence-corrected chi connectivity index (χ1v) is 9.03. The topological polar surface area (TPSA) is 118 Å². The highest BCUT2D eigenvalue weighted by Crippen LogP contribution is 2.33. The molecule has 138 valence electrons. The van der Waals surface area contributed by atoms with Crippen LogP contribution in [0.15, 0.2) is 23.6 Å². The molecule has 1 aromatic heterocycles. The van der Waals surface area contributed by atoms with Gasteiger partial charge in [-0.15, -0.1) is 11.3 Å². The molecule has 0 bridgehead atoms. The van der Waals surface area contributed by atoms with Crippen LogP contribution < -0.4 is 15.4 Å². The first kappa shape index (κ1) is 17.2. The van der Waals surface area contributed by atoms with Gasteiger partial charge in [0.05, 0.1) is 11.4 Å². The molecule has 0 radical (unpaired) electrons. The van der Waals surface area contributed by atoms with Gasteiger partial charge in [0.1, 0.15) is 12.3 Å². The molecular formula is C17H14N4O5S. The van der Waals surface area contributed by atoms with Crippen molar-refractivity contribution in [2.24, 2.45) is 0 Å². The fourth-order valence-electron chi connectivity index (χ4n) is 2.81. The van der Waals surface area contributed by atoms with Crippen LogP contribution in [0.5, 0.6) is 5.75 Å². The zero-order chi connectivity index (χ0) is 19.0. The van der Waals surface area contributed by atoms with E-state index in [-0.39, 0.29) is 43.7 Å². The van der Waals surface area contributed by atoms with E-state index in [4.69, 9.17) is 4.74 Å². The Labute approximate surface area is 157 Å². The summed E-state index contributed by atoms with van der Waals surface area (Å²) in [5.41, 5.74) is 1.93. The van der Waals surface area contributed by atoms with E-state index in [2.05, 4.69) is 15.6 Å². The van der Waals surface area contributed by atoms with Crippen molar-refractivity contribution in [3.63, 3.8) is 0 Å². The third kappa shape index (κ3) is 3.51. The Kier molecular flexibility index (Phi) is 4.32. The summed E-state index contributed by atoms with van der Waals surface area (Å²) in [7, 11) is 0. The lowest BCUT2D eigenvalue weighted by molar-refractivity contribution is -0.141. The minimum absolute atomic E-state index is 0.0126. The van der Waals surface area contributed by atoms with Gasteiger partial charge in [-0.3, -0.25) is 24.1 Å². The number of thiazole rings is 1. The van der Waals surface area contributed by atoms with Crippen LogP contribution in [-0.4, -0.2) is 46.7 Å². The summed E-state index contributed by atoms with van der Waals surface area (Å²) in [6.07, 6.45) is 0.290. The van der Waals surface area contributed by atoms with E-state index in [1.807, 2.05) is 0 Å². The third-order valence-corrected chi connectivity index (χ3v) is 4.87. The number of fused-ring (bicyclic) bond motifs is 1. The van der Waals surface area contributed by atoms with Crippen LogP contribution in [0.3, 0.4) is 0 Å². The fraction of sp³-hybridized carbons (Fsp3) is 0.235. The van der Waals surface area contributed by atoms with Gasteiger partial charge in [-0.25, -0.2) is 4.98 Å². The normalized spacial score (nSPS) is 16.0. The molecule has 0 unspecified atom stereocenters. The van der Waals surface area contributed by atoms with E-state index < -0.39 is 5.91 Å². The lowest BCUT2D eigenvalue weighted by atomic mass is 10.1. The molecule has 10 heteroatoms. The van der Waals surface area contributed by atoms with Crippen molar-refractivity contribution in [2.45, 2.75) is 12.8 Å². The maximum Gasteiger partial charge on any atom is 0.262 e. The predicted octanol–water partition coefficient (Wildman–Crippen LogP) is 1.23. The summed E-state index contributed by atoms with van der Waals surface area (Å²) in [6.45, 7) is -0.323. The lowest BCUT2D eigenvalue weighted by Crippen LogP contribution is -2.36. The summed E-state index contributed by atoms with van der Waals surface area (Å²) >= 11 is 1.22. The van der Waals surface area contributed by atoms with Crippen molar-refractivity contribution in [2.75, 3.05) is 23.8 Å². The van der Waals surface area contributed by atoms with Gasteiger partial charge in [-0.1, -0.05) is 0 Å².